The van der Waals surface area contributed by atoms with E-state index in [0.717, 1.165) is 18.9 Å². The van der Waals surface area contributed by atoms with E-state index in [1.165, 1.54) is 12.1 Å². The van der Waals surface area contributed by atoms with Crippen LogP contribution in [0.15, 0.2) is 30.4 Å². The van der Waals surface area contributed by atoms with Gasteiger partial charge in [0, 0.05) is 5.56 Å². The van der Waals surface area contributed by atoms with Crippen LogP contribution in [0.25, 0.3) is 0 Å². The number of alkyl halides is 3. The molecular weight excluding hydrogens is 257 g/mol. The van der Waals surface area contributed by atoms with E-state index in [4.69, 9.17) is 4.74 Å². The average Bonchev–Trinajstić information content (AvgIpc) is 2.39. The van der Waals surface area contributed by atoms with Crippen LogP contribution in [0.3, 0.4) is 0 Å². The first-order valence-corrected chi connectivity index (χ1v) is 6.00. The van der Waals surface area contributed by atoms with Gasteiger partial charge in [-0.05, 0) is 43.5 Å². The fourth-order valence-electron chi connectivity index (χ4n) is 1.99. The maximum atomic E-state index is 12.9. The molecule has 102 valence electrons. The fraction of sp³-hybridized carbons (Fsp3) is 0.357. The Balaban J connectivity index is 2.30. The average molecular weight is 270 g/mol. The molecule has 0 N–H and O–H groups in total. The Labute approximate surface area is 108 Å². The van der Waals surface area contributed by atoms with Crippen LogP contribution in [-0.2, 0) is 6.18 Å². The number of hydrogen-bond acceptors (Lipinski definition) is 2. The first kappa shape index (κ1) is 13.6. The van der Waals surface area contributed by atoms with Crippen LogP contribution in [0, 0.1) is 0 Å². The van der Waals surface area contributed by atoms with Gasteiger partial charge in [-0.15, -0.1) is 0 Å². The molecule has 1 aromatic rings. The lowest BCUT2D eigenvalue weighted by molar-refractivity contribution is -0.139. The number of halogens is 3. The smallest absolute Gasteiger partial charge is 0.419 e. The van der Waals surface area contributed by atoms with Gasteiger partial charge in [-0.3, -0.25) is 4.79 Å². The van der Waals surface area contributed by atoms with Gasteiger partial charge in [0.25, 0.3) is 0 Å². The van der Waals surface area contributed by atoms with E-state index >= 15 is 0 Å². The molecule has 0 bridgehead atoms. The van der Waals surface area contributed by atoms with Crippen LogP contribution in [0.5, 0.6) is 5.75 Å². The summed E-state index contributed by atoms with van der Waals surface area (Å²) in [5.74, 6) is -0.227. The van der Waals surface area contributed by atoms with E-state index in [1.54, 1.807) is 6.08 Å². The van der Waals surface area contributed by atoms with Crippen molar-refractivity contribution in [1.29, 1.82) is 0 Å². The zero-order valence-corrected chi connectivity index (χ0v) is 10.1. The number of rotatable bonds is 3. The summed E-state index contributed by atoms with van der Waals surface area (Å²) in [6, 6.07) is 3.34. The molecule has 0 saturated carbocycles. The molecule has 1 unspecified atom stereocenters. The van der Waals surface area contributed by atoms with Gasteiger partial charge in [0.15, 0.2) is 0 Å². The van der Waals surface area contributed by atoms with Crippen molar-refractivity contribution in [2.24, 2.45) is 0 Å². The molecule has 2 rings (SSSR count). The normalized spacial score (nSPS) is 19.2. The number of carbonyl (C=O) groups is 1. The van der Waals surface area contributed by atoms with Crippen molar-refractivity contribution in [3.63, 3.8) is 0 Å². The molecule has 0 aliphatic heterocycles. The third-order valence-corrected chi connectivity index (χ3v) is 2.93. The number of hydrogen-bond donors (Lipinski definition) is 0. The summed E-state index contributed by atoms with van der Waals surface area (Å²) in [5.41, 5.74) is -0.921. The van der Waals surface area contributed by atoms with E-state index < -0.39 is 11.7 Å². The lowest BCUT2D eigenvalue weighted by atomic mass is 10.0. The molecule has 1 aromatic carbocycles. The lowest BCUT2D eigenvalue weighted by Crippen LogP contribution is -2.18. The van der Waals surface area contributed by atoms with Crippen molar-refractivity contribution in [3.8, 4) is 5.75 Å². The van der Waals surface area contributed by atoms with Gasteiger partial charge in [-0.25, -0.2) is 0 Å². The Morgan fingerprint density at radius 2 is 2.11 bits per heavy atom. The maximum Gasteiger partial charge on any atom is 0.419 e. The fourth-order valence-corrected chi connectivity index (χ4v) is 1.99. The van der Waals surface area contributed by atoms with Crippen LogP contribution >= 0.6 is 0 Å². The zero-order valence-electron chi connectivity index (χ0n) is 10.1. The number of allylic oxidation sites excluding steroid dienone is 1. The van der Waals surface area contributed by atoms with Gasteiger partial charge in [-0.2, -0.15) is 13.2 Å². The number of aldehydes is 1. The quantitative estimate of drug-likeness (QED) is 0.613. The van der Waals surface area contributed by atoms with Crippen LogP contribution in [0.2, 0.25) is 0 Å². The number of carbonyl (C=O) groups excluding carboxylic acids is 1. The van der Waals surface area contributed by atoms with E-state index in [2.05, 4.69) is 0 Å². The second kappa shape index (κ2) is 5.47. The summed E-state index contributed by atoms with van der Waals surface area (Å²) in [7, 11) is 0. The number of benzene rings is 1. The van der Waals surface area contributed by atoms with Gasteiger partial charge in [0.05, 0.1) is 5.56 Å². The van der Waals surface area contributed by atoms with Crippen molar-refractivity contribution < 1.29 is 22.7 Å². The zero-order chi connectivity index (χ0) is 13.9. The van der Waals surface area contributed by atoms with Gasteiger partial charge in [0.2, 0.25) is 0 Å². The predicted molar refractivity (Wildman–Crippen MR) is 64.2 cm³/mol. The largest absolute Gasteiger partial charge is 0.486 e. The highest BCUT2D eigenvalue weighted by molar-refractivity contribution is 5.75. The van der Waals surface area contributed by atoms with Crippen molar-refractivity contribution in [2.45, 2.75) is 31.5 Å². The van der Waals surface area contributed by atoms with Crippen molar-refractivity contribution in [2.75, 3.05) is 0 Å². The predicted octanol–water partition coefficient (Wildman–Crippen LogP) is 4.01. The second-order valence-electron chi connectivity index (χ2n) is 4.39. The van der Waals surface area contributed by atoms with Gasteiger partial charge in [-0.1, -0.05) is 6.08 Å². The summed E-state index contributed by atoms with van der Waals surface area (Å²) in [5, 5.41) is 0. The minimum Gasteiger partial charge on any atom is -0.486 e. The van der Waals surface area contributed by atoms with Crippen LogP contribution in [-0.4, -0.2) is 12.4 Å². The lowest BCUT2D eigenvalue weighted by Gasteiger charge is -2.21. The molecule has 0 fully saturated rings. The molecule has 0 spiro atoms. The molecular formula is C14H13F3O2. The van der Waals surface area contributed by atoms with Crippen molar-refractivity contribution >= 4 is 6.29 Å². The third kappa shape index (κ3) is 3.36. The van der Waals surface area contributed by atoms with Crippen molar-refractivity contribution in [1.82, 2.24) is 0 Å². The molecule has 0 aromatic heterocycles. The van der Waals surface area contributed by atoms with Gasteiger partial charge >= 0.3 is 6.18 Å². The number of ether oxygens (including phenoxy) is 1. The highest BCUT2D eigenvalue weighted by Crippen LogP contribution is 2.37. The van der Waals surface area contributed by atoms with E-state index in [0.29, 0.717) is 12.7 Å². The first-order chi connectivity index (χ1) is 9.00. The molecule has 0 saturated heterocycles. The Morgan fingerprint density at radius 1 is 1.32 bits per heavy atom. The van der Waals surface area contributed by atoms with Crippen molar-refractivity contribution in [3.05, 3.63) is 41.5 Å². The van der Waals surface area contributed by atoms with E-state index in [9.17, 15) is 18.0 Å². The third-order valence-electron chi connectivity index (χ3n) is 2.93. The molecule has 0 heterocycles. The molecule has 2 nitrogen and oxygen atoms in total. The molecule has 0 amide bonds. The highest BCUT2D eigenvalue weighted by Gasteiger charge is 2.35. The molecule has 5 heteroatoms. The molecule has 1 atom stereocenters. The monoisotopic (exact) mass is 270 g/mol. The Morgan fingerprint density at radius 3 is 2.68 bits per heavy atom. The van der Waals surface area contributed by atoms with Crippen LogP contribution in [0.1, 0.15) is 35.2 Å². The minimum absolute atomic E-state index is 0.0149. The standard InChI is InChI=1S/C14H13F3O2/c15-14(16,17)12-8-10(9-18)6-7-13(12)19-11-4-2-1-3-5-11/h2,4,6-9,11H,1,3,5H2. The second-order valence-corrected chi connectivity index (χ2v) is 4.39. The van der Waals surface area contributed by atoms with Gasteiger partial charge < -0.3 is 4.74 Å². The molecule has 0 radical (unpaired) electrons. The van der Waals surface area contributed by atoms with Gasteiger partial charge in [0.1, 0.15) is 18.1 Å². The summed E-state index contributed by atoms with van der Waals surface area (Å²) in [6.07, 6.45) is 1.72. The Kier molecular flexibility index (Phi) is 3.93. The molecule has 19 heavy (non-hydrogen) atoms. The van der Waals surface area contributed by atoms with E-state index in [-0.39, 0.29) is 17.4 Å². The summed E-state index contributed by atoms with van der Waals surface area (Å²) in [6.45, 7) is 0. The Bertz CT molecular complexity index is 492. The van der Waals surface area contributed by atoms with Crippen LogP contribution in [0.4, 0.5) is 13.2 Å². The maximum absolute atomic E-state index is 12.9. The first-order valence-electron chi connectivity index (χ1n) is 6.00. The molecule has 1 aliphatic carbocycles. The molecule has 1 aliphatic rings. The SMILES string of the molecule is O=Cc1ccc(OC2C=CCCC2)c(C(F)(F)F)c1. The highest BCUT2D eigenvalue weighted by atomic mass is 19.4. The van der Waals surface area contributed by atoms with E-state index in [1.807, 2.05) is 6.08 Å². The topological polar surface area (TPSA) is 26.3 Å². The van der Waals surface area contributed by atoms with Crippen LogP contribution < -0.4 is 4.74 Å². The Hall–Kier alpha value is -1.78. The summed E-state index contributed by atoms with van der Waals surface area (Å²) < 4.78 is 44.1. The summed E-state index contributed by atoms with van der Waals surface area (Å²) in [4.78, 5) is 10.6. The summed E-state index contributed by atoms with van der Waals surface area (Å²) >= 11 is 0. The minimum atomic E-state index is -4.53.